The van der Waals surface area contributed by atoms with Crippen molar-refractivity contribution < 1.29 is 4.79 Å². The van der Waals surface area contributed by atoms with Gasteiger partial charge in [-0.15, -0.1) is 0 Å². The van der Waals surface area contributed by atoms with E-state index in [2.05, 4.69) is 0 Å². The number of Topliss-reactive ketones (excluding diaryl/α,β-unsaturated/α-hetero) is 1. The second-order valence-corrected chi connectivity index (χ2v) is 4.53. The van der Waals surface area contributed by atoms with Gasteiger partial charge in [-0.25, -0.2) is 0 Å². The summed E-state index contributed by atoms with van der Waals surface area (Å²) < 4.78 is 0. The number of carbonyl (C=O) groups excluding carboxylic acids is 1. The molecule has 2 bridgehead atoms. The largest absolute Gasteiger partial charge is 0.299 e. The fraction of sp³-hybridized carbons (Fsp3) is 0.900. The maximum atomic E-state index is 11.4. The highest BCUT2D eigenvalue weighted by Crippen LogP contribution is 2.57. The average Bonchev–Trinajstić information content (AvgIpc) is 2.52. The fourth-order valence-corrected chi connectivity index (χ4v) is 3.79. The summed E-state index contributed by atoms with van der Waals surface area (Å²) >= 11 is 0. The minimum Gasteiger partial charge on any atom is -0.299 e. The first-order chi connectivity index (χ1) is 5.36. The van der Waals surface area contributed by atoms with Crippen molar-refractivity contribution >= 4 is 5.78 Å². The van der Waals surface area contributed by atoms with Crippen LogP contribution in [0.4, 0.5) is 0 Å². The van der Waals surface area contributed by atoms with Crippen LogP contribution in [0.25, 0.3) is 0 Å². The van der Waals surface area contributed by atoms with Crippen LogP contribution in [-0.4, -0.2) is 5.78 Å². The minimum absolute atomic E-state index is 0.521. The third-order valence-corrected chi connectivity index (χ3v) is 4.18. The van der Waals surface area contributed by atoms with E-state index in [9.17, 15) is 4.79 Å². The lowest BCUT2D eigenvalue weighted by Gasteiger charge is -2.22. The summed E-state index contributed by atoms with van der Waals surface area (Å²) in [6.07, 6.45) is 6.38. The molecule has 1 heteroatoms. The third kappa shape index (κ3) is 0.646. The second-order valence-electron chi connectivity index (χ2n) is 4.53. The smallest absolute Gasteiger partial charge is 0.136 e. The molecule has 0 amide bonds. The Labute approximate surface area is 67.2 Å². The molecule has 1 nitrogen and oxygen atoms in total. The fourth-order valence-electron chi connectivity index (χ4n) is 3.79. The van der Waals surface area contributed by atoms with Gasteiger partial charge in [-0.05, 0) is 37.0 Å². The van der Waals surface area contributed by atoms with Gasteiger partial charge in [0.05, 0.1) is 0 Å². The molecule has 2 unspecified atom stereocenters. The predicted molar refractivity (Wildman–Crippen MR) is 42.1 cm³/mol. The Morgan fingerprint density at radius 3 is 2.91 bits per heavy atom. The predicted octanol–water partition coefficient (Wildman–Crippen LogP) is 2.01. The van der Waals surface area contributed by atoms with E-state index in [0.29, 0.717) is 11.7 Å². The van der Waals surface area contributed by atoms with Gasteiger partial charge in [-0.1, -0.05) is 6.42 Å². The molecule has 3 fully saturated rings. The van der Waals surface area contributed by atoms with Gasteiger partial charge in [0, 0.05) is 12.3 Å². The quantitative estimate of drug-likeness (QED) is 0.516. The van der Waals surface area contributed by atoms with E-state index < -0.39 is 0 Å². The molecule has 0 aliphatic heterocycles. The molecule has 11 heavy (non-hydrogen) atoms. The molecular weight excluding hydrogens is 136 g/mol. The summed E-state index contributed by atoms with van der Waals surface area (Å²) in [5.41, 5.74) is 0. The van der Waals surface area contributed by atoms with E-state index in [-0.39, 0.29) is 0 Å². The standard InChI is InChI=1S/C10H14O/c11-10-5-6-4-9(10)8-3-1-2-7(6)8/h6-9H,1-5H2/t6?,7-,8-,9?/m1/s1. The summed E-state index contributed by atoms with van der Waals surface area (Å²) in [5.74, 6) is 3.74. The van der Waals surface area contributed by atoms with Crippen LogP contribution in [0.3, 0.4) is 0 Å². The highest BCUT2D eigenvalue weighted by atomic mass is 16.1. The number of fused-ring (bicyclic) bond motifs is 5. The van der Waals surface area contributed by atoms with Crippen LogP contribution in [-0.2, 0) is 4.79 Å². The minimum atomic E-state index is 0.521. The van der Waals surface area contributed by atoms with Crippen LogP contribution in [0.1, 0.15) is 32.1 Å². The van der Waals surface area contributed by atoms with Crippen molar-refractivity contribution in [2.24, 2.45) is 23.7 Å². The summed E-state index contributed by atoms with van der Waals surface area (Å²) in [6.45, 7) is 0. The molecule has 0 aromatic rings. The van der Waals surface area contributed by atoms with Crippen molar-refractivity contribution in [2.45, 2.75) is 32.1 Å². The van der Waals surface area contributed by atoms with Gasteiger partial charge in [0.15, 0.2) is 0 Å². The molecule has 0 N–H and O–H groups in total. The molecule has 0 saturated heterocycles. The van der Waals surface area contributed by atoms with Gasteiger partial charge in [0.25, 0.3) is 0 Å². The van der Waals surface area contributed by atoms with Crippen LogP contribution in [0.15, 0.2) is 0 Å². The molecule has 4 atom stereocenters. The molecule has 0 radical (unpaired) electrons. The normalized spacial score (nSPS) is 53.6. The topological polar surface area (TPSA) is 17.1 Å². The molecule has 60 valence electrons. The zero-order chi connectivity index (χ0) is 7.42. The number of rotatable bonds is 0. The number of hydrogen-bond donors (Lipinski definition) is 0. The van der Waals surface area contributed by atoms with Crippen molar-refractivity contribution in [3.05, 3.63) is 0 Å². The Bertz CT molecular complexity index is 209. The van der Waals surface area contributed by atoms with Crippen LogP contribution in [0.5, 0.6) is 0 Å². The molecule has 0 aromatic carbocycles. The number of ketones is 1. The zero-order valence-corrected chi connectivity index (χ0v) is 6.75. The monoisotopic (exact) mass is 150 g/mol. The third-order valence-electron chi connectivity index (χ3n) is 4.18. The van der Waals surface area contributed by atoms with E-state index in [1.807, 2.05) is 0 Å². The zero-order valence-electron chi connectivity index (χ0n) is 6.75. The Morgan fingerprint density at radius 1 is 1.18 bits per heavy atom. The Balaban J connectivity index is 1.95. The maximum absolute atomic E-state index is 11.4. The first-order valence-electron chi connectivity index (χ1n) is 4.89. The Kier molecular flexibility index (Phi) is 1.06. The molecule has 0 spiro atoms. The van der Waals surface area contributed by atoms with Gasteiger partial charge >= 0.3 is 0 Å². The van der Waals surface area contributed by atoms with Crippen molar-refractivity contribution in [3.63, 3.8) is 0 Å². The summed E-state index contributed by atoms with van der Waals surface area (Å²) in [6, 6.07) is 0. The molecule has 3 rings (SSSR count). The van der Waals surface area contributed by atoms with Crippen molar-refractivity contribution in [1.29, 1.82) is 0 Å². The van der Waals surface area contributed by atoms with E-state index in [1.165, 1.54) is 25.7 Å². The van der Waals surface area contributed by atoms with Crippen LogP contribution < -0.4 is 0 Å². The second kappa shape index (κ2) is 1.88. The van der Waals surface area contributed by atoms with E-state index >= 15 is 0 Å². The lowest BCUT2D eigenvalue weighted by Crippen LogP contribution is -2.23. The first-order valence-corrected chi connectivity index (χ1v) is 4.89. The Hall–Kier alpha value is -0.330. The molecule has 0 heterocycles. The summed E-state index contributed by atoms with van der Waals surface area (Å²) in [4.78, 5) is 11.4. The van der Waals surface area contributed by atoms with Crippen molar-refractivity contribution in [2.75, 3.05) is 0 Å². The first kappa shape index (κ1) is 6.22. The summed E-state index contributed by atoms with van der Waals surface area (Å²) in [5, 5.41) is 0. The van der Waals surface area contributed by atoms with Gasteiger partial charge in [0.2, 0.25) is 0 Å². The highest BCUT2D eigenvalue weighted by Gasteiger charge is 2.53. The molecule has 0 aromatic heterocycles. The maximum Gasteiger partial charge on any atom is 0.136 e. The van der Waals surface area contributed by atoms with E-state index in [0.717, 1.165) is 24.2 Å². The lowest BCUT2D eigenvalue weighted by atomic mass is 9.81. The van der Waals surface area contributed by atoms with Crippen molar-refractivity contribution in [1.82, 2.24) is 0 Å². The molecular formula is C10H14O. The lowest BCUT2D eigenvalue weighted by molar-refractivity contribution is -0.123. The van der Waals surface area contributed by atoms with Crippen LogP contribution in [0.2, 0.25) is 0 Å². The molecule has 3 aliphatic rings. The Morgan fingerprint density at radius 2 is 2.00 bits per heavy atom. The average molecular weight is 150 g/mol. The SMILES string of the molecule is O=C1CC2CC1[C@@H]1CCC[C@H]21. The molecule has 3 aliphatic carbocycles. The molecule has 3 saturated carbocycles. The van der Waals surface area contributed by atoms with E-state index in [1.54, 1.807) is 0 Å². The highest BCUT2D eigenvalue weighted by molar-refractivity contribution is 5.85. The van der Waals surface area contributed by atoms with E-state index in [4.69, 9.17) is 0 Å². The summed E-state index contributed by atoms with van der Waals surface area (Å²) in [7, 11) is 0. The van der Waals surface area contributed by atoms with Gasteiger partial charge in [-0.2, -0.15) is 0 Å². The van der Waals surface area contributed by atoms with Gasteiger partial charge in [-0.3, -0.25) is 4.79 Å². The van der Waals surface area contributed by atoms with Crippen LogP contribution in [0, 0.1) is 23.7 Å². The van der Waals surface area contributed by atoms with Crippen LogP contribution >= 0.6 is 0 Å². The van der Waals surface area contributed by atoms with Gasteiger partial charge < -0.3 is 0 Å². The van der Waals surface area contributed by atoms with Crippen molar-refractivity contribution in [3.8, 4) is 0 Å². The van der Waals surface area contributed by atoms with Gasteiger partial charge in [0.1, 0.15) is 5.78 Å². The number of hydrogen-bond acceptors (Lipinski definition) is 1. The number of carbonyl (C=O) groups is 1.